The number of phenolic OH excluding ortho intramolecular Hbond substituents is 1. The van der Waals surface area contributed by atoms with Crippen molar-refractivity contribution in [3.63, 3.8) is 0 Å². The topological polar surface area (TPSA) is 76.8 Å². The van der Waals surface area contributed by atoms with Crippen molar-refractivity contribution >= 4 is 24.2 Å². The van der Waals surface area contributed by atoms with E-state index in [-0.39, 0.29) is 11.7 Å². The Morgan fingerprint density at radius 3 is 2.72 bits per heavy atom. The second-order valence-corrected chi connectivity index (χ2v) is 5.80. The van der Waals surface area contributed by atoms with Gasteiger partial charge in [-0.25, -0.2) is 4.99 Å². The van der Waals surface area contributed by atoms with Crippen LogP contribution in [0.25, 0.3) is 6.08 Å². The SMILES string of the molecule is N=CN=C1C(=Cc2cccc(O)c2)CCN1C(=O)Cc1ccccc1. The minimum Gasteiger partial charge on any atom is -0.508 e. The average Bonchev–Trinajstić information content (AvgIpc) is 2.99. The normalized spacial score (nSPS) is 17.2. The van der Waals surface area contributed by atoms with Crippen molar-refractivity contribution in [3.8, 4) is 5.75 Å². The van der Waals surface area contributed by atoms with E-state index in [1.165, 1.54) is 0 Å². The maximum atomic E-state index is 12.7. The quantitative estimate of drug-likeness (QED) is 0.665. The van der Waals surface area contributed by atoms with Crippen molar-refractivity contribution in [1.29, 1.82) is 5.41 Å². The molecular weight excluding hydrogens is 314 g/mol. The van der Waals surface area contributed by atoms with Crippen LogP contribution < -0.4 is 0 Å². The number of carbonyl (C=O) groups is 1. The van der Waals surface area contributed by atoms with Crippen LogP contribution in [0.1, 0.15) is 17.5 Å². The number of carbonyl (C=O) groups excluding carboxylic acids is 1. The Hall–Kier alpha value is -3.21. The van der Waals surface area contributed by atoms with Crippen LogP contribution in [0.15, 0.2) is 65.2 Å². The van der Waals surface area contributed by atoms with E-state index in [1.54, 1.807) is 23.1 Å². The molecule has 126 valence electrons. The first-order chi connectivity index (χ1) is 12.2. The number of hydrogen-bond acceptors (Lipinski definition) is 3. The van der Waals surface area contributed by atoms with Gasteiger partial charge >= 0.3 is 0 Å². The summed E-state index contributed by atoms with van der Waals surface area (Å²) in [6, 6.07) is 16.5. The first-order valence-electron chi connectivity index (χ1n) is 8.08. The molecule has 0 unspecified atom stereocenters. The summed E-state index contributed by atoms with van der Waals surface area (Å²) < 4.78 is 0. The number of nitrogens with one attached hydrogen (secondary N) is 1. The van der Waals surface area contributed by atoms with E-state index in [2.05, 4.69) is 4.99 Å². The molecule has 3 rings (SSSR count). The highest BCUT2D eigenvalue weighted by Crippen LogP contribution is 2.23. The predicted octanol–water partition coefficient (Wildman–Crippen LogP) is 3.26. The Balaban J connectivity index is 1.83. The first kappa shape index (κ1) is 16.6. The van der Waals surface area contributed by atoms with Crippen molar-refractivity contribution in [1.82, 2.24) is 4.90 Å². The van der Waals surface area contributed by atoms with Gasteiger partial charge in [-0.1, -0.05) is 42.5 Å². The second kappa shape index (κ2) is 7.57. The zero-order chi connectivity index (χ0) is 17.6. The Kier molecular flexibility index (Phi) is 5.04. The van der Waals surface area contributed by atoms with E-state index >= 15 is 0 Å². The van der Waals surface area contributed by atoms with E-state index in [0.29, 0.717) is 25.2 Å². The molecule has 25 heavy (non-hydrogen) atoms. The van der Waals surface area contributed by atoms with Crippen molar-refractivity contribution in [3.05, 3.63) is 71.3 Å². The number of hydrogen-bond donors (Lipinski definition) is 2. The third-order valence-electron chi connectivity index (χ3n) is 4.04. The number of rotatable bonds is 4. The Labute approximate surface area is 146 Å². The van der Waals surface area contributed by atoms with Crippen LogP contribution in [-0.4, -0.2) is 34.6 Å². The molecule has 0 aromatic heterocycles. The highest BCUT2D eigenvalue weighted by atomic mass is 16.3. The summed E-state index contributed by atoms with van der Waals surface area (Å²) in [5.41, 5.74) is 2.67. The molecule has 0 saturated carbocycles. The van der Waals surface area contributed by atoms with Crippen LogP contribution in [0.5, 0.6) is 5.75 Å². The molecule has 1 aliphatic rings. The third-order valence-corrected chi connectivity index (χ3v) is 4.04. The fourth-order valence-corrected chi connectivity index (χ4v) is 2.90. The maximum Gasteiger partial charge on any atom is 0.232 e. The average molecular weight is 333 g/mol. The fraction of sp³-hybridized carbons (Fsp3) is 0.150. The molecule has 0 radical (unpaired) electrons. The van der Waals surface area contributed by atoms with Crippen LogP contribution in [0.3, 0.4) is 0 Å². The second-order valence-electron chi connectivity index (χ2n) is 5.80. The Bertz CT molecular complexity index is 841. The summed E-state index contributed by atoms with van der Waals surface area (Å²) in [6.07, 6.45) is 3.83. The van der Waals surface area contributed by atoms with Crippen molar-refractivity contribution in [2.24, 2.45) is 4.99 Å². The molecule has 1 amide bonds. The molecule has 0 bridgehead atoms. The van der Waals surface area contributed by atoms with E-state index in [0.717, 1.165) is 23.0 Å². The van der Waals surface area contributed by atoms with E-state index < -0.39 is 0 Å². The number of likely N-dealkylation sites (tertiary alicyclic amines) is 1. The molecule has 0 aliphatic carbocycles. The minimum absolute atomic E-state index is 0.0360. The van der Waals surface area contributed by atoms with Gasteiger partial charge < -0.3 is 5.11 Å². The van der Waals surface area contributed by atoms with E-state index in [1.807, 2.05) is 42.5 Å². The molecule has 1 fully saturated rings. The zero-order valence-corrected chi connectivity index (χ0v) is 13.7. The Morgan fingerprint density at radius 1 is 1.20 bits per heavy atom. The summed E-state index contributed by atoms with van der Waals surface area (Å²) >= 11 is 0. The zero-order valence-electron chi connectivity index (χ0n) is 13.7. The largest absolute Gasteiger partial charge is 0.508 e. The lowest BCUT2D eigenvalue weighted by molar-refractivity contribution is -0.126. The number of amides is 1. The number of nitrogens with zero attached hydrogens (tertiary/aromatic N) is 2. The molecule has 0 atom stereocenters. The number of benzene rings is 2. The summed E-state index contributed by atoms with van der Waals surface area (Å²) in [6.45, 7) is 0.545. The smallest absolute Gasteiger partial charge is 0.232 e. The van der Waals surface area contributed by atoms with E-state index in [4.69, 9.17) is 5.41 Å². The van der Waals surface area contributed by atoms with Crippen molar-refractivity contribution in [2.45, 2.75) is 12.8 Å². The predicted molar refractivity (Wildman–Crippen MR) is 98.8 cm³/mol. The van der Waals surface area contributed by atoms with Gasteiger partial charge in [-0.3, -0.25) is 15.1 Å². The van der Waals surface area contributed by atoms with Gasteiger partial charge in [0, 0.05) is 6.54 Å². The summed E-state index contributed by atoms with van der Waals surface area (Å²) in [5.74, 6) is 0.667. The lowest BCUT2D eigenvalue weighted by Gasteiger charge is -2.16. The molecule has 0 spiro atoms. The van der Waals surface area contributed by atoms with Gasteiger partial charge in [0.1, 0.15) is 17.9 Å². The summed E-state index contributed by atoms with van der Waals surface area (Å²) in [4.78, 5) is 18.4. The van der Waals surface area contributed by atoms with Gasteiger partial charge in [-0.2, -0.15) is 0 Å². The van der Waals surface area contributed by atoms with Crippen LogP contribution in [-0.2, 0) is 11.2 Å². The highest BCUT2D eigenvalue weighted by molar-refractivity contribution is 6.14. The standard InChI is InChI=1S/C20H19N3O2/c21-14-22-20-17(11-16-7-4-8-18(24)12-16)9-10-23(20)19(25)13-15-5-2-1-3-6-15/h1-8,11-12,14,21,24H,9-10,13H2. The van der Waals surface area contributed by atoms with Crippen LogP contribution in [0.4, 0.5) is 0 Å². The van der Waals surface area contributed by atoms with Gasteiger partial charge in [-0.15, -0.1) is 0 Å². The fourth-order valence-electron chi connectivity index (χ4n) is 2.90. The molecule has 5 nitrogen and oxygen atoms in total. The molecule has 1 saturated heterocycles. The molecule has 2 aromatic carbocycles. The monoisotopic (exact) mass is 333 g/mol. The first-order valence-corrected chi connectivity index (χ1v) is 8.08. The van der Waals surface area contributed by atoms with Gasteiger partial charge in [0.15, 0.2) is 0 Å². The molecule has 1 aliphatic heterocycles. The lowest BCUT2D eigenvalue weighted by Crippen LogP contribution is -2.33. The maximum absolute atomic E-state index is 12.7. The Morgan fingerprint density at radius 2 is 2.00 bits per heavy atom. The molecule has 5 heteroatoms. The number of aliphatic imine (C=N–C) groups is 1. The van der Waals surface area contributed by atoms with Gasteiger partial charge in [-0.05, 0) is 41.3 Å². The van der Waals surface area contributed by atoms with Gasteiger partial charge in [0.2, 0.25) is 5.91 Å². The summed E-state index contributed by atoms with van der Waals surface area (Å²) in [7, 11) is 0. The van der Waals surface area contributed by atoms with Crippen molar-refractivity contribution in [2.75, 3.05) is 6.54 Å². The van der Waals surface area contributed by atoms with Crippen molar-refractivity contribution < 1.29 is 9.90 Å². The highest BCUT2D eigenvalue weighted by Gasteiger charge is 2.28. The number of amidine groups is 1. The molecule has 1 heterocycles. The minimum atomic E-state index is -0.0360. The molecule has 2 N–H and O–H groups in total. The molecule has 2 aromatic rings. The summed E-state index contributed by atoms with van der Waals surface area (Å²) in [5, 5.41) is 16.9. The van der Waals surface area contributed by atoms with Crippen LogP contribution in [0, 0.1) is 5.41 Å². The van der Waals surface area contributed by atoms with Gasteiger partial charge in [0.25, 0.3) is 0 Å². The van der Waals surface area contributed by atoms with Crippen LogP contribution in [0.2, 0.25) is 0 Å². The van der Waals surface area contributed by atoms with Gasteiger partial charge in [0.05, 0.1) is 6.42 Å². The third kappa shape index (κ3) is 4.01. The van der Waals surface area contributed by atoms with Crippen LogP contribution >= 0.6 is 0 Å². The number of aromatic hydroxyl groups is 1. The molecular formula is C20H19N3O2. The van der Waals surface area contributed by atoms with E-state index in [9.17, 15) is 9.90 Å². The number of phenols is 1. The lowest BCUT2D eigenvalue weighted by atomic mass is 10.1.